The van der Waals surface area contributed by atoms with Crippen molar-refractivity contribution in [3.63, 3.8) is 0 Å². The van der Waals surface area contributed by atoms with Crippen LogP contribution in [0.4, 0.5) is 0 Å². The number of nitrogens with two attached hydrogens (primary N) is 3. The van der Waals surface area contributed by atoms with E-state index in [9.17, 15) is 14.7 Å². The fourth-order valence-corrected chi connectivity index (χ4v) is 2.06. The summed E-state index contributed by atoms with van der Waals surface area (Å²) in [6.07, 6.45) is 6.33. The van der Waals surface area contributed by atoms with Gasteiger partial charge in [-0.15, -0.1) is 37.2 Å². The van der Waals surface area contributed by atoms with E-state index in [1.807, 2.05) is 0 Å². The van der Waals surface area contributed by atoms with E-state index >= 15 is 0 Å². The summed E-state index contributed by atoms with van der Waals surface area (Å²) in [5.74, 6) is -1.08. The van der Waals surface area contributed by atoms with Gasteiger partial charge in [0.2, 0.25) is 12.1 Å². The first-order valence-corrected chi connectivity index (χ1v) is 9.36. The monoisotopic (exact) mass is 493 g/mol. The molecule has 0 aromatic carbocycles. The van der Waals surface area contributed by atoms with Crippen LogP contribution >= 0.6 is 37.2 Å². The number of rotatable bonds is 16. The molecule has 0 aliphatic rings. The van der Waals surface area contributed by atoms with Crippen LogP contribution in [0.1, 0.15) is 38.5 Å². The van der Waals surface area contributed by atoms with E-state index in [-0.39, 0.29) is 43.2 Å². The summed E-state index contributed by atoms with van der Waals surface area (Å²) in [6, 6.07) is 0. The Morgan fingerprint density at radius 2 is 1.60 bits per heavy atom. The summed E-state index contributed by atoms with van der Waals surface area (Å²) in [4.78, 5) is 27.2. The van der Waals surface area contributed by atoms with Crippen LogP contribution in [-0.2, 0) is 9.59 Å². The number of nitrogens with one attached hydrogen (secondary N) is 3. The number of amides is 2. The number of hydrogen-bond acceptors (Lipinski definition) is 6. The predicted octanol–water partition coefficient (Wildman–Crippen LogP) is -0.479. The Morgan fingerprint density at radius 3 is 2.23 bits per heavy atom. The number of halogens is 3. The summed E-state index contributed by atoms with van der Waals surface area (Å²) < 4.78 is 0. The molecule has 1 unspecified atom stereocenters. The van der Waals surface area contributed by atoms with Crippen LogP contribution in [-0.4, -0.2) is 61.8 Å². The highest BCUT2D eigenvalue weighted by atomic mass is 35.5. The molecule has 0 aromatic heterocycles. The lowest BCUT2D eigenvalue weighted by atomic mass is 10.2. The highest BCUT2D eigenvalue weighted by Crippen LogP contribution is 1.97. The van der Waals surface area contributed by atoms with Crippen molar-refractivity contribution in [3.05, 3.63) is 12.2 Å². The number of aliphatic hydroxyl groups is 1. The Balaban J connectivity index is -0.00000113. The summed E-state index contributed by atoms with van der Waals surface area (Å²) in [6.45, 7) is 3.39. The van der Waals surface area contributed by atoms with E-state index in [2.05, 4.69) is 20.9 Å². The van der Waals surface area contributed by atoms with Gasteiger partial charge in [0.15, 0.2) is 5.96 Å². The zero-order chi connectivity index (χ0) is 20.3. The highest BCUT2D eigenvalue weighted by Gasteiger charge is 2.15. The molecule has 0 bridgehead atoms. The summed E-state index contributed by atoms with van der Waals surface area (Å²) >= 11 is 0. The van der Waals surface area contributed by atoms with Gasteiger partial charge in [-0.3, -0.25) is 14.6 Å². The Bertz CT molecular complexity index is 480. The number of allylic oxidation sites excluding steroid dienone is 1. The van der Waals surface area contributed by atoms with Crippen LogP contribution < -0.4 is 33.2 Å². The standard InChI is InChI=1S/C17H35N7O3.3ClH/c18-9-7-11-21-10-5-6-12-22-15(26)16(27)24-14(25)8-3-1-2-4-13-23-17(19)20;;;/h3,8,16,21,27H,1-2,4-7,9-13,18H2,(H,22,26)(H,24,25)(H4,19,20,23);3*1H. The summed E-state index contributed by atoms with van der Waals surface area (Å²) in [5.41, 5.74) is 15.8. The Kier molecular flexibility index (Phi) is 31.0. The van der Waals surface area contributed by atoms with Crippen molar-refractivity contribution >= 4 is 55.0 Å². The molecule has 10 nitrogen and oxygen atoms in total. The zero-order valence-corrected chi connectivity index (χ0v) is 19.6. The number of carbonyl (C=O) groups excluding carboxylic acids is 2. The first kappa shape index (κ1) is 36.1. The quantitative estimate of drug-likeness (QED) is 0.0497. The van der Waals surface area contributed by atoms with Gasteiger partial charge < -0.3 is 38.3 Å². The van der Waals surface area contributed by atoms with E-state index in [1.165, 1.54) is 6.08 Å². The lowest BCUT2D eigenvalue weighted by Crippen LogP contribution is -2.46. The molecule has 13 heteroatoms. The molecule has 0 radical (unpaired) electrons. The Hall–Kier alpha value is -1.30. The van der Waals surface area contributed by atoms with E-state index in [0.717, 1.165) is 45.2 Å². The third-order valence-corrected chi connectivity index (χ3v) is 3.51. The number of guanidine groups is 1. The van der Waals surface area contributed by atoms with Crippen LogP contribution in [0.2, 0.25) is 0 Å². The number of nitrogens with zero attached hydrogens (tertiary/aromatic N) is 1. The summed E-state index contributed by atoms with van der Waals surface area (Å²) in [5, 5.41) is 17.7. The van der Waals surface area contributed by atoms with Crippen molar-refractivity contribution in [1.82, 2.24) is 16.0 Å². The molecule has 180 valence electrons. The molecule has 0 aromatic rings. The molecule has 0 rings (SSSR count). The van der Waals surface area contributed by atoms with Gasteiger partial charge >= 0.3 is 0 Å². The minimum absolute atomic E-state index is 0. The average molecular weight is 495 g/mol. The minimum atomic E-state index is -1.56. The van der Waals surface area contributed by atoms with Crippen molar-refractivity contribution < 1.29 is 14.7 Å². The molecule has 0 fully saturated rings. The smallest absolute Gasteiger partial charge is 0.269 e. The maximum atomic E-state index is 11.7. The molecule has 30 heavy (non-hydrogen) atoms. The molecule has 0 heterocycles. The van der Waals surface area contributed by atoms with E-state index in [4.69, 9.17) is 17.2 Å². The topological polar surface area (TPSA) is 181 Å². The largest absolute Gasteiger partial charge is 0.370 e. The van der Waals surface area contributed by atoms with Crippen LogP contribution in [0.5, 0.6) is 0 Å². The number of aliphatic imine (C=N–C) groups is 1. The number of carbonyl (C=O) groups is 2. The van der Waals surface area contributed by atoms with E-state index < -0.39 is 18.0 Å². The molecule has 0 aliphatic carbocycles. The second-order valence-corrected chi connectivity index (χ2v) is 6.01. The lowest BCUT2D eigenvalue weighted by molar-refractivity contribution is -0.135. The SMILES string of the molecule is Cl.Cl.Cl.NCCCNCCCCNC(=O)C(O)NC(=O)C=CCCCCN=C(N)N. The summed E-state index contributed by atoms with van der Waals surface area (Å²) in [7, 11) is 0. The molecule has 2 amide bonds. The van der Waals surface area contributed by atoms with Gasteiger partial charge in [0.1, 0.15) is 0 Å². The average Bonchev–Trinajstić information content (AvgIpc) is 2.62. The fourth-order valence-electron chi connectivity index (χ4n) is 2.06. The van der Waals surface area contributed by atoms with Gasteiger partial charge in [-0.1, -0.05) is 6.08 Å². The van der Waals surface area contributed by atoms with Crippen molar-refractivity contribution in [2.24, 2.45) is 22.2 Å². The fraction of sp³-hybridized carbons (Fsp3) is 0.706. The number of hydrogen-bond donors (Lipinski definition) is 7. The highest BCUT2D eigenvalue weighted by molar-refractivity contribution is 5.92. The van der Waals surface area contributed by atoms with E-state index in [1.54, 1.807) is 6.08 Å². The molecule has 10 N–H and O–H groups in total. The molecule has 1 atom stereocenters. The predicted molar refractivity (Wildman–Crippen MR) is 128 cm³/mol. The third kappa shape index (κ3) is 24.7. The molecule has 0 spiro atoms. The second kappa shape index (κ2) is 25.7. The maximum absolute atomic E-state index is 11.7. The second-order valence-electron chi connectivity index (χ2n) is 6.01. The van der Waals surface area contributed by atoms with Crippen LogP contribution in [0, 0.1) is 0 Å². The van der Waals surface area contributed by atoms with Crippen LogP contribution in [0.25, 0.3) is 0 Å². The van der Waals surface area contributed by atoms with Gasteiger partial charge in [-0.25, -0.2) is 0 Å². The van der Waals surface area contributed by atoms with E-state index in [0.29, 0.717) is 26.1 Å². The molecular formula is C17H38Cl3N7O3. The number of aliphatic hydroxyl groups excluding tert-OH is 1. The van der Waals surface area contributed by atoms with Crippen molar-refractivity contribution in [2.75, 3.05) is 32.7 Å². The van der Waals surface area contributed by atoms with Gasteiger partial charge in [0, 0.05) is 13.1 Å². The van der Waals surface area contributed by atoms with Gasteiger partial charge in [-0.2, -0.15) is 0 Å². The van der Waals surface area contributed by atoms with Crippen LogP contribution in [0.3, 0.4) is 0 Å². The Morgan fingerprint density at radius 1 is 0.967 bits per heavy atom. The van der Waals surface area contributed by atoms with Crippen molar-refractivity contribution in [1.29, 1.82) is 0 Å². The van der Waals surface area contributed by atoms with Gasteiger partial charge in [-0.05, 0) is 64.2 Å². The molecule has 0 saturated heterocycles. The molecule has 0 aliphatic heterocycles. The Labute approximate surface area is 197 Å². The normalized spacial score (nSPS) is 10.7. The number of unbranched alkanes of at least 4 members (excludes halogenated alkanes) is 3. The first-order valence-electron chi connectivity index (χ1n) is 9.36. The first-order chi connectivity index (χ1) is 13.0. The molecule has 0 saturated carbocycles. The van der Waals surface area contributed by atoms with Gasteiger partial charge in [0.05, 0.1) is 0 Å². The molecular weight excluding hydrogens is 457 g/mol. The maximum Gasteiger partial charge on any atom is 0.269 e. The zero-order valence-electron chi connectivity index (χ0n) is 17.2. The third-order valence-electron chi connectivity index (χ3n) is 3.51. The van der Waals surface area contributed by atoms with Crippen molar-refractivity contribution in [3.8, 4) is 0 Å². The lowest BCUT2D eigenvalue weighted by Gasteiger charge is -2.12. The van der Waals surface area contributed by atoms with Crippen molar-refractivity contribution in [2.45, 2.75) is 44.8 Å². The van der Waals surface area contributed by atoms with Gasteiger partial charge in [0.25, 0.3) is 5.91 Å². The minimum Gasteiger partial charge on any atom is -0.370 e. The van der Waals surface area contributed by atoms with Crippen LogP contribution in [0.15, 0.2) is 17.1 Å².